The zero-order chi connectivity index (χ0) is 14.0. The first-order valence-corrected chi connectivity index (χ1v) is 5.60. The highest BCUT2D eigenvalue weighted by Crippen LogP contribution is 2.08. The molecule has 0 saturated heterocycles. The van der Waals surface area contributed by atoms with E-state index < -0.39 is 0 Å². The minimum absolute atomic E-state index is 0.118. The first kappa shape index (κ1) is 16.3. The molecule has 4 N–H and O–H groups in total. The van der Waals surface area contributed by atoms with Crippen molar-refractivity contribution in [2.45, 2.75) is 20.8 Å². The Bertz CT molecular complexity index is 425. The second kappa shape index (κ2) is 9.32. The third kappa shape index (κ3) is 6.12. The third-order valence-corrected chi connectivity index (χ3v) is 1.79. The predicted octanol–water partition coefficient (Wildman–Crippen LogP) is 0.398. The van der Waals surface area contributed by atoms with Gasteiger partial charge in [0.05, 0.1) is 18.9 Å². The summed E-state index contributed by atoms with van der Waals surface area (Å²) in [4.78, 5) is 21.2. The lowest BCUT2D eigenvalue weighted by atomic mass is 10.4. The number of nitrogens with zero attached hydrogens (tertiary/aromatic N) is 2. The smallest absolute Gasteiger partial charge is 0.278 e. The molecule has 0 spiro atoms. The van der Waals surface area contributed by atoms with E-state index in [0.29, 0.717) is 24.6 Å². The lowest BCUT2D eigenvalue weighted by molar-refractivity contribution is 0.102. The summed E-state index contributed by atoms with van der Waals surface area (Å²) < 4.78 is 4.73. The van der Waals surface area contributed by atoms with Crippen molar-refractivity contribution in [1.29, 1.82) is 0 Å². The largest absolute Gasteiger partial charge is 0.394 e. The molecule has 0 amide bonds. The number of aliphatic hydroxyl groups excluding tert-OH is 1. The fraction of sp³-hybridized carbons (Fsp3) is 0.545. The molecule has 0 aliphatic heterocycles. The van der Waals surface area contributed by atoms with Gasteiger partial charge in [0, 0.05) is 12.8 Å². The fourth-order valence-corrected chi connectivity index (χ4v) is 1.09. The number of ether oxygens (including phenoxy) is 1. The average molecular weight is 256 g/mol. The fourth-order valence-electron chi connectivity index (χ4n) is 1.09. The number of aryl methyl sites for hydroxylation is 1. The van der Waals surface area contributed by atoms with Crippen molar-refractivity contribution in [2.75, 3.05) is 25.6 Å². The Morgan fingerprint density at radius 2 is 2.28 bits per heavy atom. The summed E-state index contributed by atoms with van der Waals surface area (Å²) in [5.41, 5.74) is 5.85. The average Bonchev–Trinajstić information content (AvgIpc) is 2.32. The van der Waals surface area contributed by atoms with Gasteiger partial charge in [-0.25, -0.2) is 4.98 Å². The van der Waals surface area contributed by atoms with E-state index in [4.69, 9.17) is 15.6 Å². The van der Waals surface area contributed by atoms with Crippen LogP contribution in [0.2, 0.25) is 0 Å². The Labute approximate surface area is 106 Å². The van der Waals surface area contributed by atoms with Gasteiger partial charge >= 0.3 is 0 Å². The second-order valence-corrected chi connectivity index (χ2v) is 3.19. The van der Waals surface area contributed by atoms with Crippen LogP contribution in [0.4, 0.5) is 11.6 Å². The minimum Gasteiger partial charge on any atom is -0.394 e. The van der Waals surface area contributed by atoms with E-state index in [1.54, 1.807) is 13.8 Å². The van der Waals surface area contributed by atoms with Crippen LogP contribution in [0.25, 0.3) is 0 Å². The van der Waals surface area contributed by atoms with Gasteiger partial charge in [-0.1, -0.05) is 0 Å². The molecule has 0 bridgehead atoms. The van der Waals surface area contributed by atoms with E-state index in [0.717, 1.165) is 0 Å². The highest BCUT2D eigenvalue weighted by molar-refractivity contribution is 5.61. The van der Waals surface area contributed by atoms with Crippen LogP contribution in [0.3, 0.4) is 0 Å². The Kier molecular flexibility index (Phi) is 8.42. The molecule has 0 fully saturated rings. The maximum atomic E-state index is 11.2. The van der Waals surface area contributed by atoms with Crippen LogP contribution in [-0.4, -0.2) is 41.1 Å². The van der Waals surface area contributed by atoms with E-state index in [1.807, 2.05) is 6.92 Å². The van der Waals surface area contributed by atoms with Crippen molar-refractivity contribution >= 4 is 17.9 Å². The summed E-state index contributed by atoms with van der Waals surface area (Å²) in [6, 6.07) is 0. The number of H-pyrrole nitrogens is 1. The van der Waals surface area contributed by atoms with Gasteiger partial charge in [0.2, 0.25) is 5.95 Å². The van der Waals surface area contributed by atoms with Crippen LogP contribution in [0.15, 0.2) is 9.79 Å². The number of nitrogen functional groups attached to an aromatic ring is 1. The summed E-state index contributed by atoms with van der Waals surface area (Å²) in [5, 5.41) is 8.07. The molecule has 1 aromatic rings. The van der Waals surface area contributed by atoms with Crippen LogP contribution in [-0.2, 0) is 4.74 Å². The van der Waals surface area contributed by atoms with Gasteiger partial charge in [-0.2, -0.15) is 0 Å². The van der Waals surface area contributed by atoms with Crippen molar-refractivity contribution in [1.82, 2.24) is 9.97 Å². The summed E-state index contributed by atoms with van der Waals surface area (Å²) in [6.45, 7) is 6.61. The number of aliphatic imine (C=N–C) groups is 1. The molecule has 0 atom stereocenters. The van der Waals surface area contributed by atoms with Gasteiger partial charge in [0.25, 0.3) is 5.56 Å². The van der Waals surface area contributed by atoms with E-state index in [2.05, 4.69) is 15.0 Å². The quantitative estimate of drug-likeness (QED) is 0.533. The van der Waals surface area contributed by atoms with Crippen molar-refractivity contribution in [3.63, 3.8) is 0 Å². The molecular formula is C11H20N4O3. The lowest BCUT2D eigenvalue weighted by Crippen LogP contribution is -2.12. The van der Waals surface area contributed by atoms with Gasteiger partial charge in [-0.05, 0) is 20.8 Å². The summed E-state index contributed by atoms with van der Waals surface area (Å²) in [7, 11) is 0. The number of anilines is 1. The van der Waals surface area contributed by atoms with Crippen molar-refractivity contribution in [3.05, 3.63) is 16.0 Å². The second-order valence-electron chi connectivity index (χ2n) is 3.19. The topological polar surface area (TPSA) is 114 Å². The standard InChI is InChI=1S/C7H10N4O.C4H10O2/c1-3-9-5-4(2)10-7(8)11-6(5)12;1-2-6-4-3-5/h3H,1-2H3,(H3,8,10,11,12);5H,2-4H2,1H3. The van der Waals surface area contributed by atoms with Crippen molar-refractivity contribution in [3.8, 4) is 0 Å². The molecule has 7 heteroatoms. The Hall–Kier alpha value is -1.73. The number of aromatic nitrogens is 2. The zero-order valence-corrected chi connectivity index (χ0v) is 10.9. The van der Waals surface area contributed by atoms with Crippen LogP contribution in [0.5, 0.6) is 0 Å². The minimum atomic E-state index is -0.307. The van der Waals surface area contributed by atoms with Crippen LogP contribution in [0.1, 0.15) is 19.5 Å². The summed E-state index contributed by atoms with van der Waals surface area (Å²) >= 11 is 0. The normalized spacial score (nSPS) is 10.2. The molecular weight excluding hydrogens is 236 g/mol. The summed E-state index contributed by atoms with van der Waals surface area (Å²) in [6.07, 6.45) is 1.54. The van der Waals surface area contributed by atoms with Gasteiger partial charge in [-0.3, -0.25) is 14.8 Å². The van der Waals surface area contributed by atoms with Gasteiger partial charge in [0.15, 0.2) is 0 Å². The first-order valence-electron chi connectivity index (χ1n) is 5.60. The maximum absolute atomic E-state index is 11.2. The molecule has 102 valence electrons. The highest BCUT2D eigenvalue weighted by Gasteiger charge is 2.03. The Balaban J connectivity index is 0.000000411. The molecule has 18 heavy (non-hydrogen) atoms. The van der Waals surface area contributed by atoms with E-state index in [1.165, 1.54) is 6.21 Å². The molecule has 0 aliphatic rings. The van der Waals surface area contributed by atoms with Gasteiger partial charge in [0.1, 0.15) is 5.69 Å². The predicted molar refractivity (Wildman–Crippen MR) is 71.4 cm³/mol. The highest BCUT2D eigenvalue weighted by atomic mass is 16.5. The van der Waals surface area contributed by atoms with Gasteiger partial charge < -0.3 is 15.6 Å². The number of aromatic amines is 1. The Morgan fingerprint density at radius 3 is 2.67 bits per heavy atom. The van der Waals surface area contributed by atoms with Gasteiger partial charge in [-0.15, -0.1) is 0 Å². The number of nitrogens with one attached hydrogen (secondary N) is 1. The molecule has 1 heterocycles. The number of rotatable bonds is 4. The van der Waals surface area contributed by atoms with Crippen molar-refractivity contribution in [2.24, 2.45) is 4.99 Å². The van der Waals surface area contributed by atoms with E-state index in [-0.39, 0.29) is 18.1 Å². The monoisotopic (exact) mass is 256 g/mol. The Morgan fingerprint density at radius 1 is 1.61 bits per heavy atom. The SMILES string of the molecule is CC=Nc1c(C)nc(N)[nH]c1=O.CCOCCO. The van der Waals surface area contributed by atoms with Crippen LogP contribution in [0, 0.1) is 6.92 Å². The molecule has 0 saturated carbocycles. The maximum Gasteiger partial charge on any atom is 0.278 e. The molecule has 0 aliphatic carbocycles. The number of aliphatic hydroxyl groups is 1. The zero-order valence-electron chi connectivity index (χ0n) is 10.9. The lowest BCUT2D eigenvalue weighted by Gasteiger charge is -1.98. The molecule has 1 aromatic heterocycles. The number of nitrogens with two attached hydrogens (primary N) is 1. The number of hydrogen-bond donors (Lipinski definition) is 3. The van der Waals surface area contributed by atoms with Crippen molar-refractivity contribution < 1.29 is 9.84 Å². The number of hydrogen-bond acceptors (Lipinski definition) is 6. The van der Waals surface area contributed by atoms with E-state index >= 15 is 0 Å². The van der Waals surface area contributed by atoms with Crippen LogP contribution >= 0.6 is 0 Å². The van der Waals surface area contributed by atoms with Crippen LogP contribution < -0.4 is 11.3 Å². The molecule has 7 nitrogen and oxygen atoms in total. The summed E-state index contributed by atoms with van der Waals surface area (Å²) in [5.74, 6) is 0.118. The molecule has 0 radical (unpaired) electrons. The third-order valence-electron chi connectivity index (χ3n) is 1.79. The molecule has 0 aromatic carbocycles. The van der Waals surface area contributed by atoms with E-state index in [9.17, 15) is 4.79 Å². The molecule has 0 unspecified atom stereocenters. The first-order chi connectivity index (χ1) is 8.56. The molecule has 1 rings (SSSR count).